The molecule has 2 heteroatoms. The van der Waals surface area contributed by atoms with Crippen molar-refractivity contribution in [2.75, 3.05) is 0 Å². The molecule has 1 aromatic carbocycles. The van der Waals surface area contributed by atoms with Crippen LogP contribution >= 0.6 is 0 Å². The van der Waals surface area contributed by atoms with Crippen molar-refractivity contribution in [1.29, 1.82) is 0 Å². The highest BCUT2D eigenvalue weighted by Crippen LogP contribution is 2.23. The standard InChI is InChI=1S/C12H16N2/c1-4-9-5-6-11-10(7-9)12(8(2)3)14-13-11/h5-8H,4H2,1-3H3,(H,13,14). The van der Waals surface area contributed by atoms with Crippen molar-refractivity contribution in [1.82, 2.24) is 10.2 Å². The number of aromatic nitrogens is 2. The van der Waals surface area contributed by atoms with Gasteiger partial charge in [-0.05, 0) is 30.0 Å². The maximum absolute atomic E-state index is 4.35. The van der Waals surface area contributed by atoms with Crippen molar-refractivity contribution >= 4 is 10.9 Å². The first-order chi connectivity index (χ1) is 6.72. The van der Waals surface area contributed by atoms with E-state index in [9.17, 15) is 0 Å². The fraction of sp³-hybridized carbons (Fsp3) is 0.417. The third kappa shape index (κ3) is 1.41. The van der Waals surface area contributed by atoms with Crippen LogP contribution in [0.1, 0.15) is 37.9 Å². The van der Waals surface area contributed by atoms with Gasteiger partial charge in [0.15, 0.2) is 0 Å². The highest BCUT2D eigenvalue weighted by molar-refractivity contribution is 5.82. The second-order valence-corrected chi connectivity index (χ2v) is 4.00. The zero-order chi connectivity index (χ0) is 10.1. The number of nitrogens with one attached hydrogen (secondary N) is 1. The molecule has 0 saturated carbocycles. The molecule has 74 valence electrons. The van der Waals surface area contributed by atoms with Gasteiger partial charge in [0.1, 0.15) is 0 Å². The van der Waals surface area contributed by atoms with Crippen molar-refractivity contribution in [2.24, 2.45) is 0 Å². The first kappa shape index (κ1) is 9.25. The molecule has 2 rings (SSSR count). The molecule has 2 nitrogen and oxygen atoms in total. The number of fused-ring (bicyclic) bond motifs is 1. The highest BCUT2D eigenvalue weighted by Gasteiger charge is 2.08. The first-order valence-corrected chi connectivity index (χ1v) is 5.19. The average molecular weight is 188 g/mol. The number of rotatable bonds is 2. The molecule has 1 heterocycles. The SMILES string of the molecule is CCc1ccc2[nH]nc(C(C)C)c2c1. The van der Waals surface area contributed by atoms with Gasteiger partial charge in [-0.15, -0.1) is 0 Å². The van der Waals surface area contributed by atoms with Crippen LogP contribution < -0.4 is 0 Å². The molecule has 0 fully saturated rings. The zero-order valence-corrected chi connectivity index (χ0v) is 8.96. The monoisotopic (exact) mass is 188 g/mol. The Kier molecular flexibility index (Phi) is 2.28. The maximum Gasteiger partial charge on any atom is 0.0726 e. The van der Waals surface area contributed by atoms with Crippen molar-refractivity contribution in [3.05, 3.63) is 29.5 Å². The topological polar surface area (TPSA) is 28.7 Å². The van der Waals surface area contributed by atoms with Crippen molar-refractivity contribution in [3.63, 3.8) is 0 Å². The quantitative estimate of drug-likeness (QED) is 0.770. The normalized spacial score (nSPS) is 11.4. The summed E-state index contributed by atoms with van der Waals surface area (Å²) < 4.78 is 0. The number of aryl methyl sites for hydroxylation is 1. The summed E-state index contributed by atoms with van der Waals surface area (Å²) in [5.74, 6) is 0.482. The van der Waals surface area contributed by atoms with Gasteiger partial charge in [-0.3, -0.25) is 5.10 Å². The molecule has 1 N–H and O–H groups in total. The first-order valence-electron chi connectivity index (χ1n) is 5.19. The summed E-state index contributed by atoms with van der Waals surface area (Å²) in [5, 5.41) is 8.69. The van der Waals surface area contributed by atoms with Crippen molar-refractivity contribution < 1.29 is 0 Å². The fourth-order valence-electron chi connectivity index (χ4n) is 1.74. The lowest BCUT2D eigenvalue weighted by atomic mass is 10.0. The lowest BCUT2D eigenvalue weighted by Crippen LogP contribution is -1.88. The predicted molar refractivity (Wildman–Crippen MR) is 59.6 cm³/mol. The Balaban J connectivity index is 2.63. The molecular formula is C12H16N2. The molecule has 0 amide bonds. The molecule has 0 aliphatic carbocycles. The molecule has 1 aromatic heterocycles. The average Bonchev–Trinajstić information content (AvgIpc) is 2.59. The Hall–Kier alpha value is -1.31. The number of hydrogen-bond acceptors (Lipinski definition) is 1. The summed E-state index contributed by atoms with van der Waals surface area (Å²) in [6, 6.07) is 6.52. The van der Waals surface area contributed by atoms with E-state index in [1.807, 2.05) is 0 Å². The van der Waals surface area contributed by atoms with Crippen molar-refractivity contribution in [2.45, 2.75) is 33.1 Å². The second kappa shape index (κ2) is 3.45. The van der Waals surface area contributed by atoms with Gasteiger partial charge in [0.2, 0.25) is 0 Å². The Bertz CT molecular complexity index is 441. The molecular weight excluding hydrogens is 172 g/mol. The van der Waals surface area contributed by atoms with E-state index in [-0.39, 0.29) is 0 Å². The van der Waals surface area contributed by atoms with E-state index < -0.39 is 0 Å². The molecule has 0 atom stereocenters. The highest BCUT2D eigenvalue weighted by atomic mass is 15.1. The van der Waals surface area contributed by atoms with E-state index in [0.717, 1.165) is 11.9 Å². The van der Waals surface area contributed by atoms with E-state index in [0.29, 0.717) is 5.92 Å². The third-order valence-corrected chi connectivity index (χ3v) is 2.61. The zero-order valence-electron chi connectivity index (χ0n) is 8.96. The molecule has 0 unspecified atom stereocenters. The Morgan fingerprint density at radius 2 is 2.14 bits per heavy atom. The number of hydrogen-bond donors (Lipinski definition) is 1. The summed E-state index contributed by atoms with van der Waals surface area (Å²) in [6.07, 6.45) is 1.08. The van der Waals surface area contributed by atoms with Gasteiger partial charge < -0.3 is 0 Å². The molecule has 0 bridgehead atoms. The lowest BCUT2D eigenvalue weighted by molar-refractivity contribution is 0.818. The van der Waals surface area contributed by atoms with E-state index in [4.69, 9.17) is 0 Å². The summed E-state index contributed by atoms with van der Waals surface area (Å²) in [4.78, 5) is 0. The minimum absolute atomic E-state index is 0.482. The molecule has 0 radical (unpaired) electrons. The summed E-state index contributed by atoms with van der Waals surface area (Å²) in [6.45, 7) is 6.53. The van der Waals surface area contributed by atoms with E-state index in [1.165, 1.54) is 16.6 Å². The van der Waals surface area contributed by atoms with Gasteiger partial charge in [-0.2, -0.15) is 5.10 Å². The third-order valence-electron chi connectivity index (χ3n) is 2.61. The van der Waals surface area contributed by atoms with Gasteiger partial charge in [0.25, 0.3) is 0 Å². The Morgan fingerprint density at radius 3 is 2.79 bits per heavy atom. The van der Waals surface area contributed by atoms with Crippen LogP contribution in [0.2, 0.25) is 0 Å². The second-order valence-electron chi connectivity index (χ2n) is 4.00. The van der Waals surface area contributed by atoms with Gasteiger partial charge in [-0.25, -0.2) is 0 Å². The number of aromatic amines is 1. The van der Waals surface area contributed by atoms with E-state index in [1.54, 1.807) is 0 Å². The number of H-pyrrole nitrogens is 1. The summed E-state index contributed by atoms with van der Waals surface area (Å²) in [7, 11) is 0. The van der Waals surface area contributed by atoms with E-state index in [2.05, 4.69) is 49.2 Å². The lowest BCUT2D eigenvalue weighted by Gasteiger charge is -2.01. The molecule has 0 saturated heterocycles. The van der Waals surface area contributed by atoms with Gasteiger partial charge >= 0.3 is 0 Å². The van der Waals surface area contributed by atoms with Crippen LogP contribution in [0.4, 0.5) is 0 Å². The minimum atomic E-state index is 0.482. The van der Waals surface area contributed by atoms with Crippen LogP contribution in [-0.4, -0.2) is 10.2 Å². The van der Waals surface area contributed by atoms with Crippen LogP contribution in [0.5, 0.6) is 0 Å². The fourth-order valence-corrected chi connectivity index (χ4v) is 1.74. The largest absolute Gasteiger partial charge is 0.278 e. The minimum Gasteiger partial charge on any atom is -0.278 e. The van der Waals surface area contributed by atoms with Crippen LogP contribution in [0.25, 0.3) is 10.9 Å². The van der Waals surface area contributed by atoms with Gasteiger partial charge in [0, 0.05) is 5.39 Å². The Morgan fingerprint density at radius 1 is 1.36 bits per heavy atom. The summed E-state index contributed by atoms with van der Waals surface area (Å²) in [5.41, 5.74) is 3.70. The van der Waals surface area contributed by atoms with E-state index >= 15 is 0 Å². The summed E-state index contributed by atoms with van der Waals surface area (Å²) >= 11 is 0. The molecule has 0 aliphatic rings. The van der Waals surface area contributed by atoms with Crippen LogP contribution in [0, 0.1) is 0 Å². The van der Waals surface area contributed by atoms with Gasteiger partial charge in [0.05, 0.1) is 11.2 Å². The van der Waals surface area contributed by atoms with Gasteiger partial charge in [-0.1, -0.05) is 26.8 Å². The molecule has 14 heavy (non-hydrogen) atoms. The van der Waals surface area contributed by atoms with Crippen molar-refractivity contribution in [3.8, 4) is 0 Å². The number of nitrogens with zero attached hydrogens (tertiary/aromatic N) is 1. The smallest absolute Gasteiger partial charge is 0.0726 e. The molecule has 2 aromatic rings. The Labute approximate surface area is 84.3 Å². The maximum atomic E-state index is 4.35. The van der Waals surface area contributed by atoms with Crippen LogP contribution in [0.15, 0.2) is 18.2 Å². The predicted octanol–water partition coefficient (Wildman–Crippen LogP) is 3.25. The van der Waals surface area contributed by atoms with Crippen LogP contribution in [-0.2, 0) is 6.42 Å². The molecule has 0 aliphatic heterocycles. The molecule has 0 spiro atoms. The number of benzene rings is 1. The van der Waals surface area contributed by atoms with Crippen LogP contribution in [0.3, 0.4) is 0 Å².